The van der Waals surface area contributed by atoms with Crippen LogP contribution in [-0.4, -0.2) is 410 Å². The highest BCUT2D eigenvalue weighted by molar-refractivity contribution is 5.80. The highest BCUT2D eigenvalue weighted by Gasteiger charge is 2.74. The van der Waals surface area contributed by atoms with Gasteiger partial charge in [0.15, 0.2) is 50.1 Å². The Hall–Kier alpha value is -2.31. The first-order chi connectivity index (χ1) is 53.1. The molecule has 13 rings (SSSR count). The van der Waals surface area contributed by atoms with Crippen molar-refractivity contribution in [3.8, 4) is 0 Å². The fourth-order valence-electron chi connectivity index (χ4n) is 21.3. The van der Waals surface area contributed by atoms with E-state index in [4.69, 9.17) is 75.8 Å². The summed E-state index contributed by atoms with van der Waals surface area (Å²) in [5, 5.41) is 257. The van der Waals surface area contributed by atoms with Gasteiger partial charge in [0.2, 0.25) is 6.29 Å². The van der Waals surface area contributed by atoms with Gasteiger partial charge in [-0.25, -0.2) is 0 Å². The first-order valence-electron chi connectivity index (χ1n) is 39.0. The van der Waals surface area contributed by atoms with E-state index in [0.29, 0.717) is 32.1 Å². The van der Waals surface area contributed by atoms with Gasteiger partial charge in [-0.2, -0.15) is 0 Å². The van der Waals surface area contributed by atoms with E-state index in [-0.39, 0.29) is 25.2 Å². The minimum atomic E-state index is -2.35. The molecule has 0 aromatic rings. The molecule has 0 bridgehead atoms. The first-order valence-corrected chi connectivity index (χ1v) is 39.0. The van der Waals surface area contributed by atoms with Crippen molar-refractivity contribution in [3.05, 3.63) is 11.6 Å². The number of ether oxygens (including phenoxy) is 16. The van der Waals surface area contributed by atoms with Crippen molar-refractivity contribution in [2.24, 2.45) is 50.2 Å². The number of esters is 1. The molecule has 0 aromatic heterocycles. The second-order valence-electron chi connectivity index (χ2n) is 35.6. The number of carbonyl (C=O) groups is 1. The topological polar surface area (TPSA) is 630 Å². The molecular formula is C73H118O40. The van der Waals surface area contributed by atoms with Crippen LogP contribution < -0.4 is 0 Å². The molecular weight excluding hydrogens is 1520 g/mol. The number of hydrogen-bond acceptors (Lipinski definition) is 40. The Kier molecular flexibility index (Phi) is 26.0. The lowest BCUT2D eigenvalue weighted by atomic mass is 9.33. The maximum absolute atomic E-state index is 15.9. The number of aliphatic hydroxyl groups excluding tert-OH is 21. The molecule has 0 aromatic carbocycles. The third-order valence-corrected chi connectivity index (χ3v) is 28.2. The van der Waals surface area contributed by atoms with E-state index in [0.717, 1.165) is 5.57 Å². The van der Waals surface area contributed by atoms with Crippen molar-refractivity contribution in [2.75, 3.05) is 66.1 Å². The first kappa shape index (κ1) is 88.5. The lowest BCUT2D eigenvalue weighted by Crippen LogP contribution is -2.71. The summed E-state index contributed by atoms with van der Waals surface area (Å²) < 4.78 is 95.5. The zero-order valence-corrected chi connectivity index (χ0v) is 63.9. The molecule has 8 saturated heterocycles. The maximum atomic E-state index is 15.9. The van der Waals surface area contributed by atoms with Crippen molar-refractivity contribution < 1.29 is 198 Å². The SMILES string of the molecule is C[C@@H]1O[C@@H](O[C@H]2[C@H](OC(=O)[C@]34CCC(C)(C)C[C@H]3C3=CC[C@@H]5[C@@]6(C)C[C@H](O)C(O[C@@H]7O[C@H](CO)[C@@H](O)[C@H](O[C@@H]8OC[C@@H](O)[C@H](O)[C@H]8O)[C@H]7O)[C@@](C)(CO)[C@@H]6CC[C@@]5(C)[C@]3(C)C[C@H]4O)OC[C@H](O)[C@@H]2O)[C@H](O)[C@H](O[C@@H]2OC[C@](O)(CO)[C@H]2O)[C@H]1O[C@@H]1OC[C@@H](O)[C@H](O[C@@H]2OC[C@](O)(CO)[C@H]2O[C@@H]2O[C@H](CO)[C@H](O)[C@H](O)[C@H]2O)[C@H]1O. The average Bonchev–Trinajstić information content (AvgIpc) is 0.926. The van der Waals surface area contributed by atoms with E-state index >= 15 is 4.79 Å². The quantitative estimate of drug-likeness (QED) is 0.0288. The van der Waals surface area contributed by atoms with E-state index in [1.807, 2.05) is 0 Å². The highest BCUT2D eigenvalue weighted by Crippen LogP contribution is 2.76. The molecule has 4 saturated carbocycles. The molecule has 0 amide bonds. The maximum Gasteiger partial charge on any atom is 0.317 e. The van der Waals surface area contributed by atoms with Crippen molar-refractivity contribution in [1.82, 2.24) is 0 Å². The smallest absolute Gasteiger partial charge is 0.317 e. The standard InChI is InChI=1S/C73H118O40/c1-27-49(106-58-46(91)50(33(82)21-99-58)107-64-56(72(97,24-78)26-102-64)112-59-45(90)43(88)41(86)34(17-74)104-59)52(109-63-54(94)71(96,23-77)25-101-63)48(93)60(103-27)110-53-40(85)32(81)20-100-62(53)113-65(95)73-13-12-66(2,3)14-29(73)28-8-9-37-67(4)15-30(79)55(68(5,22-76)36(67)10-11-69(37,6)70(28,7)16-38(73)83)111-61-47(92)51(42(87)35(18-75)105-61)108-57-44(89)39(84)31(80)19-98-57/h8,27,29-64,74-94,96-97H,9-26H2,1-7H3/t27-,29-,30-,31+,32-,33+,34+,35+,36+,37+,38+,39-,40-,41-,42+,43-,44+,45+,46+,47+,48+,49-,50-,51-,52-,53+,54-,55?,56-,57-,58-,59-,60-,61-,62-,63-,64-,67-,68-,69+,70+,71+,72+,73+/m0/s1. The molecule has 13 aliphatic rings. The summed E-state index contributed by atoms with van der Waals surface area (Å²) >= 11 is 0. The Labute approximate surface area is 649 Å². The highest BCUT2D eigenvalue weighted by atomic mass is 16.8. The molecule has 40 heteroatoms. The van der Waals surface area contributed by atoms with Crippen LogP contribution in [0.2, 0.25) is 0 Å². The van der Waals surface area contributed by atoms with Crippen LogP contribution in [0.25, 0.3) is 0 Å². The Morgan fingerprint density at radius 1 is 0.451 bits per heavy atom. The predicted octanol–water partition coefficient (Wildman–Crippen LogP) is -9.60. The molecule has 650 valence electrons. The Bertz CT molecular complexity index is 3280. The summed E-state index contributed by atoms with van der Waals surface area (Å²) in [4.78, 5) is 15.9. The summed E-state index contributed by atoms with van der Waals surface area (Å²) in [7, 11) is 0. The Morgan fingerprint density at radius 2 is 0.982 bits per heavy atom. The van der Waals surface area contributed by atoms with Crippen molar-refractivity contribution in [1.29, 1.82) is 0 Å². The Morgan fingerprint density at radius 3 is 1.63 bits per heavy atom. The molecule has 1 unspecified atom stereocenters. The van der Waals surface area contributed by atoms with Gasteiger partial charge in [0.05, 0.1) is 90.5 Å². The van der Waals surface area contributed by atoms with Gasteiger partial charge < -0.3 is 193 Å². The number of carbonyl (C=O) groups excluding carboxylic acids is 1. The van der Waals surface area contributed by atoms with Crippen LogP contribution >= 0.6 is 0 Å². The van der Waals surface area contributed by atoms with Crippen molar-refractivity contribution in [2.45, 2.75) is 320 Å². The summed E-state index contributed by atoms with van der Waals surface area (Å²) in [6.45, 7) is 6.01. The largest absolute Gasteiger partial charge is 0.432 e. The van der Waals surface area contributed by atoms with Gasteiger partial charge in [-0.05, 0) is 97.7 Å². The third-order valence-electron chi connectivity index (χ3n) is 28.2. The van der Waals surface area contributed by atoms with Crippen molar-refractivity contribution in [3.63, 3.8) is 0 Å². The fourth-order valence-corrected chi connectivity index (χ4v) is 21.3. The molecule has 0 radical (unpaired) electrons. The lowest BCUT2D eigenvalue weighted by molar-refractivity contribution is -0.385. The van der Waals surface area contributed by atoms with Gasteiger partial charge in [-0.15, -0.1) is 0 Å². The molecule has 113 heavy (non-hydrogen) atoms. The Balaban J connectivity index is 0.729. The summed E-state index contributed by atoms with van der Waals surface area (Å²) in [6.07, 6.45) is -55.9. The molecule has 44 atom stereocenters. The molecule has 8 heterocycles. The van der Waals surface area contributed by atoms with Crippen LogP contribution in [0.4, 0.5) is 0 Å². The van der Waals surface area contributed by atoms with Gasteiger partial charge in [0, 0.05) is 5.41 Å². The van der Waals surface area contributed by atoms with Crippen LogP contribution in [-0.2, 0) is 80.6 Å². The van der Waals surface area contributed by atoms with E-state index < -0.39 is 337 Å². The van der Waals surface area contributed by atoms with Crippen LogP contribution in [0.5, 0.6) is 0 Å². The molecule has 12 fully saturated rings. The van der Waals surface area contributed by atoms with Crippen LogP contribution in [0, 0.1) is 50.2 Å². The van der Waals surface area contributed by atoms with Crippen LogP contribution in [0.15, 0.2) is 11.6 Å². The average molecular weight is 1640 g/mol. The molecule has 23 N–H and O–H groups in total. The van der Waals surface area contributed by atoms with Crippen LogP contribution in [0.3, 0.4) is 0 Å². The van der Waals surface area contributed by atoms with E-state index in [2.05, 4.69) is 40.7 Å². The number of aliphatic hydroxyl groups is 23. The zero-order valence-electron chi connectivity index (χ0n) is 63.9. The number of rotatable bonds is 21. The number of allylic oxidation sites excluding steroid dienone is 2. The third kappa shape index (κ3) is 15.2. The van der Waals surface area contributed by atoms with Crippen molar-refractivity contribution >= 4 is 5.97 Å². The van der Waals surface area contributed by atoms with Gasteiger partial charge >= 0.3 is 5.97 Å². The second kappa shape index (κ2) is 33.2. The summed E-state index contributed by atoms with van der Waals surface area (Å²) in [5.41, 5.74) is -9.53. The number of hydrogen-bond donors (Lipinski definition) is 23. The minimum absolute atomic E-state index is 0.0161. The van der Waals surface area contributed by atoms with Gasteiger partial charge in [0.1, 0.15) is 145 Å². The lowest BCUT2D eigenvalue weighted by Gasteiger charge is -2.72. The van der Waals surface area contributed by atoms with Gasteiger partial charge in [0.25, 0.3) is 0 Å². The van der Waals surface area contributed by atoms with E-state index in [9.17, 15) is 117 Å². The fraction of sp³-hybridized carbons (Fsp3) is 0.959. The summed E-state index contributed by atoms with van der Waals surface area (Å²) in [6, 6.07) is 0. The van der Waals surface area contributed by atoms with Crippen LogP contribution in [0.1, 0.15) is 99.8 Å². The van der Waals surface area contributed by atoms with Gasteiger partial charge in [-0.3, -0.25) is 4.79 Å². The second-order valence-corrected chi connectivity index (χ2v) is 35.6. The minimum Gasteiger partial charge on any atom is -0.432 e. The van der Waals surface area contributed by atoms with E-state index in [1.54, 1.807) is 6.92 Å². The zero-order chi connectivity index (χ0) is 82.3. The predicted molar refractivity (Wildman–Crippen MR) is 366 cm³/mol. The van der Waals surface area contributed by atoms with Gasteiger partial charge in [-0.1, -0.05) is 53.2 Å². The summed E-state index contributed by atoms with van der Waals surface area (Å²) in [5.74, 6) is -2.33. The molecule has 5 aliphatic carbocycles. The number of fused-ring (bicyclic) bond motifs is 7. The normalized spacial score (nSPS) is 55.3. The van der Waals surface area contributed by atoms with E-state index in [1.165, 1.54) is 6.92 Å². The molecule has 40 nitrogen and oxygen atoms in total. The molecule has 8 aliphatic heterocycles. The molecule has 0 spiro atoms. The monoisotopic (exact) mass is 1630 g/mol.